The van der Waals surface area contributed by atoms with Crippen molar-refractivity contribution in [3.8, 4) is 16.8 Å². The van der Waals surface area contributed by atoms with Gasteiger partial charge in [-0.1, -0.05) is 78.7 Å². The summed E-state index contributed by atoms with van der Waals surface area (Å²) in [6.07, 6.45) is 0. The van der Waals surface area contributed by atoms with Gasteiger partial charge in [-0.15, -0.1) is 0 Å². The highest BCUT2D eigenvalue weighted by atomic mass is 16.3. The van der Waals surface area contributed by atoms with Gasteiger partial charge in [-0.2, -0.15) is 0 Å². The average Bonchev–Trinajstić information content (AvgIpc) is 3.54. The molecular weight excluding hydrogens is 430 g/mol. The molecule has 7 aromatic rings. The van der Waals surface area contributed by atoms with Crippen LogP contribution < -0.4 is 5.73 Å². The number of nitrogens with two attached hydrogens (primary N) is 1. The molecule has 0 aliphatic heterocycles. The minimum atomic E-state index is -0.522. The normalized spacial score (nSPS) is 14.5. The first kappa shape index (κ1) is 13.8. The van der Waals surface area contributed by atoms with Crippen molar-refractivity contribution in [3.63, 3.8) is 0 Å². The molecule has 0 spiro atoms. The van der Waals surface area contributed by atoms with Crippen LogP contribution in [0.2, 0.25) is 0 Å². The number of hydrogen-bond acceptors (Lipinski definition) is 2. The van der Waals surface area contributed by atoms with E-state index in [9.17, 15) is 0 Å². The topological polar surface area (TPSA) is 67.9 Å². The predicted octanol–water partition coefficient (Wildman–Crippen LogP) is 7.63. The highest BCUT2D eigenvalue weighted by Crippen LogP contribution is 2.41. The van der Waals surface area contributed by atoms with E-state index in [0.717, 1.165) is 21.9 Å². The van der Waals surface area contributed by atoms with Crippen molar-refractivity contribution in [2.45, 2.75) is 0 Å². The molecule has 35 heavy (non-hydrogen) atoms. The molecule has 7 rings (SSSR count). The summed E-state index contributed by atoms with van der Waals surface area (Å²) in [5.74, 6) is -0.522. The first-order chi connectivity index (χ1) is 20.1. The second-order valence-electron chi connectivity index (χ2n) is 8.28. The number of amidine groups is 1. The number of furan rings is 1. The number of nitrogen functional groups attached to an aromatic ring is 1. The fraction of sp³-hybridized carbons (Fsp3) is 0. The molecule has 0 amide bonds. The lowest BCUT2D eigenvalue weighted by atomic mass is 9.98. The Balaban J connectivity index is 1.78. The summed E-state index contributed by atoms with van der Waals surface area (Å²) in [6.45, 7) is 0. The van der Waals surface area contributed by atoms with Crippen molar-refractivity contribution in [3.05, 3.63) is 115 Å². The molecule has 166 valence electrons. The van der Waals surface area contributed by atoms with E-state index in [0.29, 0.717) is 16.9 Å². The van der Waals surface area contributed by atoms with E-state index < -0.39 is 30.0 Å². The first-order valence-electron chi connectivity index (χ1n) is 14.5. The minimum absolute atomic E-state index is 0.0166. The molecule has 0 aliphatic carbocycles. The van der Waals surface area contributed by atoms with Crippen molar-refractivity contribution >= 4 is 49.6 Å². The van der Waals surface area contributed by atoms with Crippen LogP contribution >= 0.6 is 0 Å². The van der Waals surface area contributed by atoms with Gasteiger partial charge in [0.25, 0.3) is 0 Å². The molecule has 0 radical (unpaired) electrons. The molecule has 3 N–H and O–H groups in total. The van der Waals surface area contributed by atoms with Crippen LogP contribution in [-0.2, 0) is 0 Å². The van der Waals surface area contributed by atoms with Crippen LogP contribution in [0.3, 0.4) is 0 Å². The van der Waals surface area contributed by atoms with Gasteiger partial charge in [0.15, 0.2) is 0 Å². The SMILES string of the molecule is [2H]c1c([2H])c([2H])c2c(c1[2H])c1c([2H])c([2H])c([2H])c(C(=N)N)c1n2-c1cc(-c2ccccc2)c2c(c1)oc1ccccc12. The maximum absolute atomic E-state index is 8.90. The molecule has 4 heteroatoms. The molecule has 4 nitrogen and oxygen atoms in total. The zero-order chi connectivity index (χ0) is 29.6. The van der Waals surface area contributed by atoms with Gasteiger partial charge in [0.1, 0.15) is 17.0 Å². The summed E-state index contributed by atoms with van der Waals surface area (Å²) in [5.41, 5.74) is 9.26. The van der Waals surface area contributed by atoms with Gasteiger partial charge in [0, 0.05) is 33.2 Å². The maximum Gasteiger partial charge on any atom is 0.138 e. The zero-order valence-corrected chi connectivity index (χ0v) is 18.3. The van der Waals surface area contributed by atoms with E-state index in [4.69, 9.17) is 25.2 Å². The molecule has 5 aromatic carbocycles. The Morgan fingerprint density at radius 1 is 0.800 bits per heavy atom. The minimum Gasteiger partial charge on any atom is -0.456 e. The van der Waals surface area contributed by atoms with Gasteiger partial charge in [-0.25, -0.2) is 0 Å². The lowest BCUT2D eigenvalue weighted by molar-refractivity contribution is 0.668. The van der Waals surface area contributed by atoms with Gasteiger partial charge in [0.2, 0.25) is 0 Å². The van der Waals surface area contributed by atoms with Crippen LogP contribution in [0.1, 0.15) is 15.2 Å². The summed E-state index contributed by atoms with van der Waals surface area (Å²) < 4.78 is 68.1. The van der Waals surface area contributed by atoms with Crippen molar-refractivity contribution in [2.75, 3.05) is 0 Å². The fourth-order valence-electron chi connectivity index (χ4n) is 4.84. The standard InChI is InChI=1S/C31H21N3O/c32-31(33)24-14-8-13-22-21-11-4-6-15-26(21)34(30(22)24)20-17-25(19-9-2-1-3-10-19)29-23-12-5-7-16-27(23)35-28(29)18-20/h1-18H,(H3,32,33)/i4D,6D,8D,11D,13D,14D,15D. The summed E-state index contributed by atoms with van der Waals surface area (Å²) in [5, 5.41) is 10.1. The first-order valence-corrected chi connectivity index (χ1v) is 11.0. The molecule has 2 aromatic heterocycles. The smallest absolute Gasteiger partial charge is 0.138 e. The Bertz CT molecular complexity index is 2310. The van der Waals surface area contributed by atoms with Gasteiger partial charge in [0.05, 0.1) is 26.3 Å². The number of benzene rings is 5. The number of fused-ring (bicyclic) bond motifs is 6. The highest BCUT2D eigenvalue weighted by molar-refractivity contribution is 6.18. The van der Waals surface area contributed by atoms with E-state index >= 15 is 0 Å². The summed E-state index contributed by atoms with van der Waals surface area (Å²) in [4.78, 5) is 0. The van der Waals surface area contributed by atoms with Crippen LogP contribution in [0.5, 0.6) is 0 Å². The molecule has 0 bridgehead atoms. The van der Waals surface area contributed by atoms with Crippen LogP contribution in [0, 0.1) is 5.41 Å². The monoisotopic (exact) mass is 458 g/mol. The Morgan fingerprint density at radius 2 is 1.57 bits per heavy atom. The third-order valence-corrected chi connectivity index (χ3v) is 6.29. The molecule has 0 saturated carbocycles. The second kappa shape index (κ2) is 7.34. The molecule has 0 atom stereocenters. The molecule has 0 unspecified atom stereocenters. The van der Waals surface area contributed by atoms with Gasteiger partial charge in [-0.3, -0.25) is 5.41 Å². The number of aromatic nitrogens is 1. The number of rotatable bonds is 3. The van der Waals surface area contributed by atoms with Crippen LogP contribution in [0.25, 0.3) is 60.6 Å². The molecule has 0 aliphatic rings. The lowest BCUT2D eigenvalue weighted by Gasteiger charge is -2.13. The predicted molar refractivity (Wildman–Crippen MR) is 145 cm³/mol. The Hall–Kier alpha value is -4.83. The van der Waals surface area contributed by atoms with Crippen LogP contribution in [0.4, 0.5) is 0 Å². The second-order valence-corrected chi connectivity index (χ2v) is 8.28. The van der Waals surface area contributed by atoms with E-state index in [1.54, 1.807) is 6.07 Å². The Labute approximate surface area is 211 Å². The number of hydrogen-bond donors (Lipinski definition) is 2. The zero-order valence-electron chi connectivity index (χ0n) is 25.3. The Kier molecular flexibility index (Phi) is 2.89. The van der Waals surface area contributed by atoms with E-state index in [-0.39, 0.29) is 45.5 Å². The van der Waals surface area contributed by atoms with Crippen molar-refractivity contribution in [1.82, 2.24) is 4.57 Å². The lowest BCUT2D eigenvalue weighted by Crippen LogP contribution is -2.12. The van der Waals surface area contributed by atoms with Crippen molar-refractivity contribution in [2.24, 2.45) is 5.73 Å². The summed E-state index contributed by atoms with van der Waals surface area (Å²) >= 11 is 0. The van der Waals surface area contributed by atoms with Gasteiger partial charge in [-0.05, 0) is 35.3 Å². The maximum atomic E-state index is 8.90. The molecule has 2 heterocycles. The number of nitrogens with one attached hydrogen (secondary N) is 1. The third kappa shape index (κ3) is 2.83. The average molecular weight is 459 g/mol. The molecular formula is C31H21N3O. The fourth-order valence-corrected chi connectivity index (χ4v) is 4.84. The van der Waals surface area contributed by atoms with Gasteiger partial charge < -0.3 is 14.7 Å². The van der Waals surface area contributed by atoms with E-state index in [1.807, 2.05) is 60.7 Å². The number of para-hydroxylation sites is 3. The van der Waals surface area contributed by atoms with E-state index in [1.165, 1.54) is 4.57 Å². The van der Waals surface area contributed by atoms with Crippen LogP contribution in [-0.4, -0.2) is 10.4 Å². The molecule has 0 saturated heterocycles. The third-order valence-electron chi connectivity index (χ3n) is 6.29. The van der Waals surface area contributed by atoms with Crippen molar-refractivity contribution in [1.29, 1.82) is 5.41 Å². The summed E-state index contributed by atoms with van der Waals surface area (Å²) in [6, 6.07) is 17.9. The largest absolute Gasteiger partial charge is 0.456 e. The van der Waals surface area contributed by atoms with Crippen LogP contribution in [0.15, 0.2) is 113 Å². The van der Waals surface area contributed by atoms with Crippen molar-refractivity contribution < 1.29 is 14.0 Å². The summed E-state index contributed by atoms with van der Waals surface area (Å²) in [7, 11) is 0. The van der Waals surface area contributed by atoms with E-state index in [2.05, 4.69) is 0 Å². The van der Waals surface area contributed by atoms with Gasteiger partial charge >= 0.3 is 0 Å². The number of nitrogens with zero attached hydrogens (tertiary/aromatic N) is 1. The molecule has 0 fully saturated rings. The quantitative estimate of drug-likeness (QED) is 0.211. The highest BCUT2D eigenvalue weighted by Gasteiger charge is 2.20. The Morgan fingerprint density at radius 3 is 2.43 bits per heavy atom.